The highest BCUT2D eigenvalue weighted by atomic mass is 16.4. The molecule has 1 fully saturated rings. The molecule has 0 bridgehead atoms. The molecular weight excluding hydrogens is 332 g/mol. The second-order valence-electron chi connectivity index (χ2n) is 6.75. The van der Waals surface area contributed by atoms with E-state index in [2.05, 4.69) is 41.2 Å². The molecule has 1 atom stereocenters. The molecule has 7 heteroatoms. The number of hydrogen-bond acceptors (Lipinski definition) is 4. The third-order valence-corrected chi connectivity index (χ3v) is 4.79. The largest absolute Gasteiger partial charge is 0.476 e. The number of carboxylic acid groups (broad SMARTS) is 1. The molecule has 3 rings (SSSR count). The Morgan fingerprint density at radius 3 is 2.35 bits per heavy atom. The lowest BCUT2D eigenvalue weighted by molar-refractivity contribution is -0.136. The Labute approximate surface area is 152 Å². The summed E-state index contributed by atoms with van der Waals surface area (Å²) in [7, 11) is 0. The monoisotopic (exact) mass is 356 g/mol. The Bertz CT molecular complexity index is 776. The molecule has 1 aromatic carbocycles. The van der Waals surface area contributed by atoms with Crippen molar-refractivity contribution in [1.82, 2.24) is 19.6 Å². The van der Waals surface area contributed by atoms with E-state index < -0.39 is 12.0 Å². The van der Waals surface area contributed by atoms with Crippen molar-refractivity contribution in [2.45, 2.75) is 26.4 Å². The van der Waals surface area contributed by atoms with Gasteiger partial charge < -0.3 is 10.0 Å². The minimum absolute atomic E-state index is 0.0278. The predicted octanol–water partition coefficient (Wildman–Crippen LogP) is 1.80. The smallest absolute Gasteiger partial charge is 0.356 e. The molecule has 1 amide bonds. The molecule has 2 heterocycles. The normalized spacial score (nSPS) is 16.5. The zero-order valence-corrected chi connectivity index (χ0v) is 15.1. The third-order valence-electron chi connectivity index (χ3n) is 4.79. The molecule has 1 saturated heterocycles. The second-order valence-corrected chi connectivity index (χ2v) is 6.75. The van der Waals surface area contributed by atoms with Gasteiger partial charge >= 0.3 is 5.97 Å². The van der Waals surface area contributed by atoms with Crippen LogP contribution in [0.4, 0.5) is 0 Å². The summed E-state index contributed by atoms with van der Waals surface area (Å²) in [5.41, 5.74) is 2.48. The molecule has 1 aliphatic rings. The van der Waals surface area contributed by atoms with Crippen LogP contribution in [-0.2, 0) is 11.3 Å². The van der Waals surface area contributed by atoms with E-state index in [4.69, 9.17) is 5.11 Å². The van der Waals surface area contributed by atoms with Gasteiger partial charge in [0.25, 0.3) is 0 Å². The first-order valence-electron chi connectivity index (χ1n) is 8.79. The number of carbonyl (C=O) groups excluding carboxylic acids is 1. The Hall–Kier alpha value is -2.67. The van der Waals surface area contributed by atoms with Crippen molar-refractivity contribution >= 4 is 11.9 Å². The first-order chi connectivity index (χ1) is 12.4. The number of carboxylic acids is 1. The van der Waals surface area contributed by atoms with Gasteiger partial charge in [0.1, 0.15) is 6.04 Å². The van der Waals surface area contributed by atoms with Crippen LogP contribution in [0.2, 0.25) is 0 Å². The van der Waals surface area contributed by atoms with E-state index in [0.29, 0.717) is 13.1 Å². The van der Waals surface area contributed by atoms with Crippen molar-refractivity contribution in [2.75, 3.05) is 26.2 Å². The number of amides is 1. The molecule has 1 N–H and O–H groups in total. The van der Waals surface area contributed by atoms with E-state index in [1.807, 2.05) is 4.90 Å². The standard InChI is InChI=1S/C19H24N4O3/c1-14-3-5-16(6-4-14)13-21-9-11-22(12-10-21)18(24)15(2)23-8-7-17(20-23)19(25)26/h3-8,15H,9-13H2,1-2H3,(H,25,26). The van der Waals surface area contributed by atoms with Crippen LogP contribution in [0.3, 0.4) is 0 Å². The van der Waals surface area contributed by atoms with E-state index in [0.717, 1.165) is 19.6 Å². The van der Waals surface area contributed by atoms with E-state index in [9.17, 15) is 9.59 Å². The Balaban J connectivity index is 1.54. The van der Waals surface area contributed by atoms with Crippen LogP contribution in [-0.4, -0.2) is 62.7 Å². The highest BCUT2D eigenvalue weighted by molar-refractivity contribution is 5.85. The van der Waals surface area contributed by atoms with Crippen LogP contribution in [0.5, 0.6) is 0 Å². The molecule has 0 saturated carbocycles. The molecule has 26 heavy (non-hydrogen) atoms. The van der Waals surface area contributed by atoms with Gasteiger partial charge in [-0.15, -0.1) is 0 Å². The van der Waals surface area contributed by atoms with Crippen LogP contribution in [0.25, 0.3) is 0 Å². The topological polar surface area (TPSA) is 78.7 Å². The third kappa shape index (κ3) is 4.11. The van der Waals surface area contributed by atoms with Crippen molar-refractivity contribution in [3.05, 3.63) is 53.3 Å². The zero-order valence-electron chi connectivity index (χ0n) is 15.1. The summed E-state index contributed by atoms with van der Waals surface area (Å²) in [6, 6.07) is 9.43. The first-order valence-corrected chi connectivity index (χ1v) is 8.79. The molecule has 2 aromatic rings. The fourth-order valence-corrected chi connectivity index (χ4v) is 3.12. The van der Waals surface area contributed by atoms with Crippen molar-refractivity contribution in [2.24, 2.45) is 0 Å². The minimum Gasteiger partial charge on any atom is -0.476 e. The van der Waals surface area contributed by atoms with Crippen molar-refractivity contribution in [3.63, 3.8) is 0 Å². The molecule has 1 aliphatic heterocycles. The number of aryl methyl sites for hydroxylation is 1. The highest BCUT2D eigenvalue weighted by Gasteiger charge is 2.26. The van der Waals surface area contributed by atoms with Gasteiger partial charge in [0.2, 0.25) is 5.91 Å². The number of hydrogen-bond donors (Lipinski definition) is 1. The lowest BCUT2D eigenvalue weighted by Gasteiger charge is -2.36. The van der Waals surface area contributed by atoms with Crippen LogP contribution < -0.4 is 0 Å². The van der Waals surface area contributed by atoms with Crippen LogP contribution >= 0.6 is 0 Å². The number of rotatable bonds is 5. The van der Waals surface area contributed by atoms with Crippen molar-refractivity contribution < 1.29 is 14.7 Å². The molecular formula is C19H24N4O3. The van der Waals surface area contributed by atoms with Gasteiger partial charge in [0.15, 0.2) is 5.69 Å². The maximum absolute atomic E-state index is 12.7. The molecule has 0 spiro atoms. The van der Waals surface area contributed by atoms with Gasteiger partial charge in [0, 0.05) is 38.9 Å². The lowest BCUT2D eigenvalue weighted by Crippen LogP contribution is -2.49. The van der Waals surface area contributed by atoms with Crippen molar-refractivity contribution in [3.8, 4) is 0 Å². The van der Waals surface area contributed by atoms with Gasteiger partial charge in [0.05, 0.1) is 0 Å². The average molecular weight is 356 g/mol. The summed E-state index contributed by atoms with van der Waals surface area (Å²) >= 11 is 0. The number of aromatic nitrogens is 2. The highest BCUT2D eigenvalue weighted by Crippen LogP contribution is 2.14. The molecule has 1 unspecified atom stereocenters. The quantitative estimate of drug-likeness (QED) is 0.884. The molecule has 7 nitrogen and oxygen atoms in total. The summed E-state index contributed by atoms with van der Waals surface area (Å²) in [6.45, 7) is 7.70. The number of carbonyl (C=O) groups is 2. The van der Waals surface area contributed by atoms with Crippen LogP contribution in [0.15, 0.2) is 36.5 Å². The van der Waals surface area contributed by atoms with E-state index in [1.54, 1.807) is 13.1 Å². The Morgan fingerprint density at radius 2 is 1.77 bits per heavy atom. The fraction of sp³-hybridized carbons (Fsp3) is 0.421. The second kappa shape index (κ2) is 7.70. The molecule has 138 valence electrons. The van der Waals surface area contributed by atoms with Gasteiger partial charge in [-0.1, -0.05) is 29.8 Å². The fourth-order valence-electron chi connectivity index (χ4n) is 3.12. The Morgan fingerprint density at radius 1 is 1.12 bits per heavy atom. The summed E-state index contributed by atoms with van der Waals surface area (Å²) in [4.78, 5) is 27.8. The van der Waals surface area contributed by atoms with Crippen molar-refractivity contribution in [1.29, 1.82) is 0 Å². The SMILES string of the molecule is Cc1ccc(CN2CCN(C(=O)C(C)n3ccc(C(=O)O)n3)CC2)cc1. The van der Waals surface area contributed by atoms with Gasteiger partial charge in [-0.25, -0.2) is 4.79 Å². The molecule has 0 radical (unpaired) electrons. The lowest BCUT2D eigenvalue weighted by atomic mass is 10.1. The average Bonchev–Trinajstić information content (AvgIpc) is 3.13. The minimum atomic E-state index is -1.09. The summed E-state index contributed by atoms with van der Waals surface area (Å²) in [6.07, 6.45) is 1.54. The molecule has 1 aromatic heterocycles. The maximum Gasteiger partial charge on any atom is 0.356 e. The van der Waals surface area contributed by atoms with E-state index in [1.165, 1.54) is 21.9 Å². The van der Waals surface area contributed by atoms with E-state index in [-0.39, 0.29) is 11.6 Å². The number of benzene rings is 1. The van der Waals surface area contributed by atoms with Crippen LogP contribution in [0, 0.1) is 6.92 Å². The summed E-state index contributed by atoms with van der Waals surface area (Å²) in [5.74, 6) is -1.12. The van der Waals surface area contributed by atoms with Gasteiger partial charge in [-0.2, -0.15) is 5.10 Å². The maximum atomic E-state index is 12.7. The van der Waals surface area contributed by atoms with Crippen LogP contribution in [0.1, 0.15) is 34.6 Å². The summed E-state index contributed by atoms with van der Waals surface area (Å²) < 4.78 is 1.42. The Kier molecular flexibility index (Phi) is 5.37. The van der Waals surface area contributed by atoms with Gasteiger partial charge in [-0.3, -0.25) is 14.4 Å². The first kappa shape index (κ1) is 18.1. The zero-order chi connectivity index (χ0) is 18.7. The van der Waals surface area contributed by atoms with E-state index >= 15 is 0 Å². The predicted molar refractivity (Wildman–Crippen MR) is 96.9 cm³/mol. The summed E-state index contributed by atoms with van der Waals surface area (Å²) in [5, 5.41) is 12.9. The van der Waals surface area contributed by atoms with Gasteiger partial charge in [-0.05, 0) is 25.5 Å². The molecule has 0 aliphatic carbocycles. The number of aromatic carboxylic acids is 1. The number of piperazine rings is 1. The number of nitrogens with zero attached hydrogens (tertiary/aromatic N) is 4.